The van der Waals surface area contributed by atoms with Crippen molar-refractivity contribution in [1.29, 1.82) is 0 Å². The second-order valence-corrected chi connectivity index (χ2v) is 7.45. The van der Waals surface area contributed by atoms with Gasteiger partial charge >= 0.3 is 5.97 Å². The highest BCUT2D eigenvalue weighted by molar-refractivity contribution is 7.89. The molecule has 0 N–H and O–H groups in total. The maximum absolute atomic E-state index is 11.8. The molecule has 0 spiro atoms. The fourth-order valence-corrected chi connectivity index (χ4v) is 3.43. The van der Waals surface area contributed by atoms with E-state index >= 15 is 0 Å². The number of carbonyl (C=O) groups is 1. The Labute approximate surface area is 125 Å². The molecule has 1 aliphatic rings. The van der Waals surface area contributed by atoms with Gasteiger partial charge in [0.25, 0.3) is 0 Å². The van der Waals surface area contributed by atoms with E-state index in [4.69, 9.17) is 4.74 Å². The predicted molar refractivity (Wildman–Crippen MR) is 82.7 cm³/mol. The van der Waals surface area contributed by atoms with Crippen molar-refractivity contribution in [1.82, 2.24) is 0 Å². The zero-order valence-corrected chi connectivity index (χ0v) is 13.4. The molecule has 0 aromatic heterocycles. The molecule has 0 radical (unpaired) electrons. The van der Waals surface area contributed by atoms with Gasteiger partial charge < -0.3 is 4.74 Å². The Bertz CT molecular complexity index is 699. The summed E-state index contributed by atoms with van der Waals surface area (Å²) in [4.78, 5) is 11.8. The quantitative estimate of drug-likeness (QED) is 0.783. The summed E-state index contributed by atoms with van der Waals surface area (Å²) in [6.07, 6.45) is 4.36. The van der Waals surface area contributed by atoms with E-state index in [0.29, 0.717) is 18.6 Å². The third-order valence-electron chi connectivity index (χ3n) is 3.51. The number of benzene rings is 1. The molecule has 0 fully saturated rings. The zero-order valence-electron chi connectivity index (χ0n) is 12.6. The Morgan fingerprint density at radius 3 is 2.52 bits per heavy atom. The lowest BCUT2D eigenvalue weighted by molar-refractivity contribution is -0.138. The monoisotopic (exact) mass is 308 g/mol. The number of hydrogen-bond acceptors (Lipinski definition) is 4. The van der Waals surface area contributed by atoms with Crippen LogP contribution in [0.3, 0.4) is 0 Å². The molecule has 2 rings (SSSR count). The SMILES string of the molecule is CCOC(=O)C1=Cc2cc(CC)c(CS(C)(=O)=O)cc2C1. The molecule has 21 heavy (non-hydrogen) atoms. The number of hydrogen-bond donors (Lipinski definition) is 0. The fraction of sp³-hybridized carbons (Fsp3) is 0.438. The lowest BCUT2D eigenvalue weighted by Gasteiger charge is -2.10. The van der Waals surface area contributed by atoms with Crippen molar-refractivity contribution in [3.8, 4) is 0 Å². The first kappa shape index (κ1) is 15.8. The first-order valence-corrected chi connectivity index (χ1v) is 9.10. The van der Waals surface area contributed by atoms with Crippen molar-refractivity contribution in [2.45, 2.75) is 32.4 Å². The topological polar surface area (TPSA) is 60.4 Å². The molecule has 0 bridgehead atoms. The molecular weight excluding hydrogens is 288 g/mol. The van der Waals surface area contributed by atoms with Crippen molar-refractivity contribution in [2.75, 3.05) is 12.9 Å². The zero-order chi connectivity index (χ0) is 15.6. The summed E-state index contributed by atoms with van der Waals surface area (Å²) in [5, 5.41) is 0. The van der Waals surface area contributed by atoms with Crippen LogP contribution in [0.1, 0.15) is 36.1 Å². The predicted octanol–water partition coefficient (Wildman–Crippen LogP) is 2.30. The van der Waals surface area contributed by atoms with Gasteiger partial charge in [-0.2, -0.15) is 0 Å². The molecular formula is C16H20O4S. The van der Waals surface area contributed by atoms with Crippen LogP contribution >= 0.6 is 0 Å². The van der Waals surface area contributed by atoms with E-state index in [1.54, 1.807) is 6.92 Å². The van der Waals surface area contributed by atoms with Gasteiger partial charge in [0, 0.05) is 18.2 Å². The number of ether oxygens (including phenoxy) is 1. The average Bonchev–Trinajstić information content (AvgIpc) is 2.79. The molecule has 1 aromatic carbocycles. The number of fused-ring (bicyclic) bond motifs is 1. The van der Waals surface area contributed by atoms with Crippen LogP contribution < -0.4 is 0 Å². The minimum atomic E-state index is -3.07. The molecule has 1 aliphatic carbocycles. The van der Waals surface area contributed by atoms with Crippen LogP contribution in [0.25, 0.3) is 6.08 Å². The van der Waals surface area contributed by atoms with Gasteiger partial charge in [-0.25, -0.2) is 13.2 Å². The van der Waals surface area contributed by atoms with E-state index in [1.165, 1.54) is 6.26 Å². The van der Waals surface area contributed by atoms with Crippen LogP contribution in [0.4, 0.5) is 0 Å². The third-order valence-corrected chi connectivity index (χ3v) is 4.34. The van der Waals surface area contributed by atoms with Crippen molar-refractivity contribution < 1.29 is 17.9 Å². The normalized spacial score (nSPS) is 13.8. The lowest BCUT2D eigenvalue weighted by atomic mass is 9.99. The van der Waals surface area contributed by atoms with Crippen molar-refractivity contribution >= 4 is 21.9 Å². The Morgan fingerprint density at radius 1 is 1.24 bits per heavy atom. The molecule has 0 amide bonds. The van der Waals surface area contributed by atoms with Gasteiger partial charge in [0.15, 0.2) is 9.84 Å². The summed E-state index contributed by atoms with van der Waals surface area (Å²) in [6, 6.07) is 3.90. The summed E-state index contributed by atoms with van der Waals surface area (Å²) in [5.41, 5.74) is 4.46. The summed E-state index contributed by atoms with van der Waals surface area (Å²) in [7, 11) is -3.07. The first-order chi connectivity index (χ1) is 9.84. The third kappa shape index (κ3) is 3.73. The number of esters is 1. The second-order valence-electron chi connectivity index (χ2n) is 5.31. The minimum absolute atomic E-state index is 0.0399. The Kier molecular flexibility index (Phi) is 4.52. The van der Waals surface area contributed by atoms with Crippen LogP contribution in [0, 0.1) is 0 Å². The standard InChI is InChI=1S/C16H20O4S/c1-4-11-6-12-7-14(16(17)20-5-2)8-13(12)9-15(11)10-21(3,18)19/h6-7,9H,4-5,8,10H2,1-3H3. The van der Waals surface area contributed by atoms with Crippen molar-refractivity contribution in [2.24, 2.45) is 0 Å². The van der Waals surface area contributed by atoms with E-state index < -0.39 is 9.84 Å². The van der Waals surface area contributed by atoms with Crippen molar-refractivity contribution in [3.05, 3.63) is 40.0 Å². The van der Waals surface area contributed by atoms with Gasteiger partial charge in [-0.1, -0.05) is 19.1 Å². The van der Waals surface area contributed by atoms with E-state index in [0.717, 1.165) is 28.7 Å². The van der Waals surface area contributed by atoms with E-state index in [-0.39, 0.29) is 11.7 Å². The second kappa shape index (κ2) is 6.02. The van der Waals surface area contributed by atoms with E-state index in [9.17, 15) is 13.2 Å². The van der Waals surface area contributed by atoms with Gasteiger partial charge in [0.1, 0.15) is 0 Å². The van der Waals surface area contributed by atoms with Gasteiger partial charge in [-0.05, 0) is 41.7 Å². The largest absolute Gasteiger partial charge is 0.463 e. The number of sulfone groups is 1. The van der Waals surface area contributed by atoms with Crippen LogP contribution in [0.15, 0.2) is 17.7 Å². The molecule has 1 aromatic rings. The van der Waals surface area contributed by atoms with E-state index in [1.807, 2.05) is 25.1 Å². The molecule has 0 atom stereocenters. The maximum atomic E-state index is 11.8. The first-order valence-electron chi connectivity index (χ1n) is 7.04. The highest BCUT2D eigenvalue weighted by Crippen LogP contribution is 2.29. The molecule has 114 valence electrons. The van der Waals surface area contributed by atoms with Crippen molar-refractivity contribution in [3.63, 3.8) is 0 Å². The molecule has 0 heterocycles. The summed E-state index contributed by atoms with van der Waals surface area (Å²) in [5.74, 6) is -0.255. The highest BCUT2D eigenvalue weighted by Gasteiger charge is 2.21. The fourth-order valence-electron chi connectivity index (χ4n) is 2.59. The average molecular weight is 308 g/mol. The molecule has 0 saturated heterocycles. The highest BCUT2D eigenvalue weighted by atomic mass is 32.2. The van der Waals surface area contributed by atoms with Gasteiger partial charge in [0.05, 0.1) is 12.4 Å². The molecule has 4 nitrogen and oxygen atoms in total. The summed E-state index contributed by atoms with van der Waals surface area (Å²) < 4.78 is 28.1. The lowest BCUT2D eigenvalue weighted by Crippen LogP contribution is -2.07. The van der Waals surface area contributed by atoms with Crippen LogP contribution in [-0.4, -0.2) is 27.2 Å². The number of aryl methyl sites for hydroxylation is 1. The molecule has 5 heteroatoms. The van der Waals surface area contributed by atoms with Gasteiger partial charge in [-0.3, -0.25) is 0 Å². The smallest absolute Gasteiger partial charge is 0.334 e. The Hall–Kier alpha value is -1.62. The van der Waals surface area contributed by atoms with E-state index in [2.05, 4.69) is 0 Å². The minimum Gasteiger partial charge on any atom is -0.463 e. The van der Waals surface area contributed by atoms with Crippen LogP contribution in [0.2, 0.25) is 0 Å². The molecule has 0 aliphatic heterocycles. The number of carbonyl (C=O) groups excluding carboxylic acids is 1. The number of rotatable bonds is 5. The molecule has 0 saturated carbocycles. The summed E-state index contributed by atoms with van der Waals surface area (Å²) >= 11 is 0. The van der Waals surface area contributed by atoms with Gasteiger partial charge in [0.2, 0.25) is 0 Å². The Morgan fingerprint density at radius 2 is 1.95 bits per heavy atom. The summed E-state index contributed by atoms with van der Waals surface area (Å²) in [6.45, 7) is 4.13. The Balaban J connectivity index is 2.34. The van der Waals surface area contributed by atoms with Crippen LogP contribution in [0.5, 0.6) is 0 Å². The maximum Gasteiger partial charge on any atom is 0.334 e. The van der Waals surface area contributed by atoms with Gasteiger partial charge in [-0.15, -0.1) is 0 Å². The molecule has 0 unspecified atom stereocenters. The van der Waals surface area contributed by atoms with Crippen LogP contribution in [-0.2, 0) is 38.0 Å².